The smallest absolute Gasteiger partial charge is 0.284 e. The zero-order chi connectivity index (χ0) is 16.1. The van der Waals surface area contributed by atoms with Gasteiger partial charge in [-0.25, -0.2) is 0 Å². The van der Waals surface area contributed by atoms with Gasteiger partial charge in [-0.05, 0) is 12.1 Å². The van der Waals surface area contributed by atoms with Gasteiger partial charge in [0.05, 0.1) is 21.8 Å². The van der Waals surface area contributed by atoms with Crippen LogP contribution in [0.3, 0.4) is 0 Å². The molecule has 1 aromatic heterocycles. The summed E-state index contributed by atoms with van der Waals surface area (Å²) in [4.78, 5) is 22.6. The third-order valence-corrected chi connectivity index (χ3v) is 4.02. The predicted molar refractivity (Wildman–Crippen MR) is 83.9 cm³/mol. The normalized spacial score (nSPS) is 10.5. The van der Waals surface area contributed by atoms with Crippen molar-refractivity contribution in [1.29, 1.82) is 0 Å². The largest absolute Gasteiger partial charge is 0.351 e. The van der Waals surface area contributed by atoms with Crippen LogP contribution in [0.2, 0.25) is 5.02 Å². The fraction of sp³-hybridized carbons (Fsp3) is 0.231. The highest BCUT2D eigenvalue weighted by atomic mass is 35.5. The summed E-state index contributed by atoms with van der Waals surface area (Å²) in [5, 5.41) is 18.0. The molecular formula is C13H13ClN4O3S. The summed E-state index contributed by atoms with van der Waals surface area (Å²) in [6, 6.07) is 4.38. The molecule has 0 saturated heterocycles. The third-order valence-electron chi connectivity index (χ3n) is 2.72. The van der Waals surface area contributed by atoms with Crippen molar-refractivity contribution in [1.82, 2.24) is 15.1 Å². The maximum atomic E-state index is 11.8. The first-order valence-electron chi connectivity index (χ1n) is 6.26. The molecule has 1 amide bonds. The number of nitrogens with zero attached hydrogens (tertiary/aromatic N) is 3. The Labute approximate surface area is 135 Å². The summed E-state index contributed by atoms with van der Waals surface area (Å²) >= 11 is 6.84. The summed E-state index contributed by atoms with van der Waals surface area (Å²) in [6.45, 7) is 0.371. The van der Waals surface area contributed by atoms with E-state index in [1.165, 1.54) is 6.07 Å². The van der Waals surface area contributed by atoms with Gasteiger partial charge in [0.15, 0.2) is 0 Å². The molecule has 0 radical (unpaired) electrons. The molecule has 1 N–H and O–H groups in total. The Morgan fingerprint density at radius 1 is 1.55 bits per heavy atom. The number of halogens is 1. The summed E-state index contributed by atoms with van der Waals surface area (Å²) in [6.07, 6.45) is 3.47. The number of thioether (sulfide) groups is 1. The maximum Gasteiger partial charge on any atom is 0.284 e. The van der Waals surface area contributed by atoms with Gasteiger partial charge >= 0.3 is 0 Å². The number of nitro benzene ring substituents is 1. The second kappa shape index (κ2) is 7.28. The molecule has 2 rings (SSSR count). The number of hydrogen-bond acceptors (Lipinski definition) is 5. The number of aryl methyl sites for hydroxylation is 1. The van der Waals surface area contributed by atoms with Crippen LogP contribution >= 0.6 is 23.4 Å². The van der Waals surface area contributed by atoms with Gasteiger partial charge in [0, 0.05) is 36.4 Å². The molecule has 0 unspecified atom stereocenters. The SMILES string of the molecule is Cn1cc(CNC(=O)CSc2ccc(Cl)cc2[N+](=O)[O-])cn1. The van der Waals surface area contributed by atoms with Gasteiger partial charge in [-0.2, -0.15) is 5.10 Å². The fourth-order valence-corrected chi connectivity index (χ4v) is 2.71. The number of benzene rings is 1. The van der Waals surface area contributed by atoms with E-state index < -0.39 is 4.92 Å². The van der Waals surface area contributed by atoms with Crippen LogP contribution in [0.1, 0.15) is 5.56 Å². The summed E-state index contributed by atoms with van der Waals surface area (Å²) < 4.78 is 1.65. The van der Waals surface area contributed by atoms with Gasteiger partial charge in [-0.3, -0.25) is 19.6 Å². The van der Waals surface area contributed by atoms with Crippen LogP contribution < -0.4 is 5.32 Å². The maximum absolute atomic E-state index is 11.8. The van der Waals surface area contributed by atoms with Crippen LogP contribution in [0.4, 0.5) is 5.69 Å². The van der Waals surface area contributed by atoms with Crippen LogP contribution in [0.25, 0.3) is 0 Å². The minimum atomic E-state index is -0.512. The van der Waals surface area contributed by atoms with Crippen LogP contribution in [0.5, 0.6) is 0 Å². The van der Waals surface area contributed by atoms with E-state index in [-0.39, 0.29) is 22.4 Å². The van der Waals surface area contributed by atoms with Crippen molar-refractivity contribution in [2.75, 3.05) is 5.75 Å². The van der Waals surface area contributed by atoms with Crippen molar-refractivity contribution in [3.8, 4) is 0 Å². The second-order valence-corrected chi connectivity index (χ2v) is 5.91. The van der Waals surface area contributed by atoms with Gasteiger partial charge < -0.3 is 5.32 Å². The van der Waals surface area contributed by atoms with Gasteiger partial charge in [-0.1, -0.05) is 11.6 Å². The van der Waals surface area contributed by atoms with Crippen molar-refractivity contribution in [2.24, 2.45) is 7.05 Å². The fourth-order valence-electron chi connectivity index (χ4n) is 1.71. The van der Waals surface area contributed by atoms with E-state index in [0.29, 0.717) is 11.4 Å². The Balaban J connectivity index is 1.89. The summed E-state index contributed by atoms with van der Waals surface area (Å²) in [5.41, 5.74) is 0.788. The molecule has 0 spiro atoms. The number of carbonyl (C=O) groups is 1. The van der Waals surface area contributed by atoms with Crippen LogP contribution in [-0.2, 0) is 18.4 Å². The molecule has 7 nitrogen and oxygen atoms in total. The molecule has 0 aliphatic heterocycles. The topological polar surface area (TPSA) is 90.1 Å². The highest BCUT2D eigenvalue weighted by Gasteiger charge is 2.16. The lowest BCUT2D eigenvalue weighted by Crippen LogP contribution is -2.24. The summed E-state index contributed by atoms with van der Waals surface area (Å²) in [5.74, 6) is -0.124. The van der Waals surface area contributed by atoms with Crippen molar-refractivity contribution < 1.29 is 9.72 Å². The van der Waals surface area contributed by atoms with E-state index in [4.69, 9.17) is 11.6 Å². The average Bonchev–Trinajstić information content (AvgIpc) is 2.89. The molecule has 0 saturated carbocycles. The molecular weight excluding hydrogens is 328 g/mol. The zero-order valence-corrected chi connectivity index (χ0v) is 13.2. The number of hydrogen-bond donors (Lipinski definition) is 1. The van der Waals surface area contributed by atoms with Gasteiger partial charge in [0.1, 0.15) is 0 Å². The van der Waals surface area contributed by atoms with E-state index in [2.05, 4.69) is 10.4 Å². The number of rotatable bonds is 6. The molecule has 1 heterocycles. The van der Waals surface area contributed by atoms with Crippen LogP contribution in [0, 0.1) is 10.1 Å². The molecule has 0 bridgehead atoms. The predicted octanol–water partition coefficient (Wildman–Crippen LogP) is 2.39. The first-order chi connectivity index (χ1) is 10.5. The van der Waals surface area contributed by atoms with Crippen molar-refractivity contribution in [3.05, 3.63) is 51.3 Å². The quantitative estimate of drug-likeness (QED) is 0.495. The van der Waals surface area contributed by atoms with Crippen molar-refractivity contribution in [3.63, 3.8) is 0 Å². The zero-order valence-electron chi connectivity index (χ0n) is 11.7. The van der Waals surface area contributed by atoms with E-state index in [9.17, 15) is 14.9 Å². The lowest BCUT2D eigenvalue weighted by atomic mass is 10.3. The monoisotopic (exact) mass is 340 g/mol. The molecule has 0 fully saturated rings. The highest BCUT2D eigenvalue weighted by molar-refractivity contribution is 8.00. The molecule has 9 heteroatoms. The minimum Gasteiger partial charge on any atom is -0.351 e. The van der Waals surface area contributed by atoms with Crippen molar-refractivity contribution in [2.45, 2.75) is 11.4 Å². The van der Waals surface area contributed by atoms with Gasteiger partial charge in [0.25, 0.3) is 5.69 Å². The second-order valence-electron chi connectivity index (χ2n) is 4.46. The first-order valence-corrected chi connectivity index (χ1v) is 7.63. The highest BCUT2D eigenvalue weighted by Crippen LogP contribution is 2.31. The molecule has 0 atom stereocenters. The number of nitrogens with one attached hydrogen (secondary N) is 1. The molecule has 0 aliphatic rings. The van der Waals surface area contributed by atoms with Gasteiger partial charge in [0.2, 0.25) is 5.91 Å². The summed E-state index contributed by atoms with van der Waals surface area (Å²) in [7, 11) is 1.79. The third kappa shape index (κ3) is 4.47. The lowest BCUT2D eigenvalue weighted by Gasteiger charge is -2.05. The number of amides is 1. The average molecular weight is 341 g/mol. The van der Waals surface area contributed by atoms with E-state index in [0.717, 1.165) is 17.3 Å². The number of carbonyl (C=O) groups excluding carboxylic acids is 1. The molecule has 1 aromatic carbocycles. The van der Waals surface area contributed by atoms with E-state index in [1.54, 1.807) is 36.3 Å². The number of nitro groups is 1. The minimum absolute atomic E-state index is 0.0860. The first kappa shape index (κ1) is 16.3. The molecule has 2 aromatic rings. The Morgan fingerprint density at radius 2 is 2.32 bits per heavy atom. The molecule has 0 aliphatic carbocycles. The standard InChI is InChI=1S/C13H13ClN4O3S/c1-17-7-9(6-16-17)5-15-13(19)8-22-12-3-2-10(14)4-11(12)18(20)21/h2-4,6-7H,5,8H2,1H3,(H,15,19). The Kier molecular flexibility index (Phi) is 5.40. The van der Waals surface area contributed by atoms with Crippen molar-refractivity contribution >= 4 is 35.0 Å². The molecule has 22 heavy (non-hydrogen) atoms. The Morgan fingerprint density at radius 3 is 2.95 bits per heavy atom. The van der Waals surface area contributed by atoms with E-state index in [1.807, 2.05) is 0 Å². The van der Waals surface area contributed by atoms with Crippen LogP contribution in [-0.4, -0.2) is 26.4 Å². The molecule has 116 valence electrons. The lowest BCUT2D eigenvalue weighted by molar-refractivity contribution is -0.387. The number of aromatic nitrogens is 2. The Hall–Kier alpha value is -2.06. The van der Waals surface area contributed by atoms with Crippen LogP contribution in [0.15, 0.2) is 35.5 Å². The van der Waals surface area contributed by atoms with Gasteiger partial charge in [-0.15, -0.1) is 11.8 Å². The Bertz CT molecular complexity index is 704. The van der Waals surface area contributed by atoms with E-state index >= 15 is 0 Å².